The highest BCUT2D eigenvalue weighted by Gasteiger charge is 2.13. The van der Waals surface area contributed by atoms with E-state index in [0.717, 1.165) is 42.7 Å². The normalized spacial score (nSPS) is 12.0. The minimum Gasteiger partial charge on any atom is -0.494 e. The number of benzene rings is 2. The minimum atomic E-state index is -0.354. The van der Waals surface area contributed by atoms with Gasteiger partial charge in [-0.3, -0.25) is 0 Å². The predicted octanol–water partition coefficient (Wildman–Crippen LogP) is 4.30. The molecule has 1 atom stereocenters. The lowest BCUT2D eigenvalue weighted by atomic mass is 9.92. The molecule has 130 valence electrons. The molecule has 2 N–H and O–H groups in total. The maximum atomic E-state index is 13.9. The van der Waals surface area contributed by atoms with E-state index in [2.05, 4.69) is 6.92 Å². The molecular formula is C20H26FNO2. The fraction of sp³-hybridized carbons (Fsp3) is 0.400. The van der Waals surface area contributed by atoms with Crippen LogP contribution < -0.4 is 15.2 Å². The molecule has 0 aromatic heterocycles. The fourth-order valence-corrected chi connectivity index (χ4v) is 2.61. The van der Waals surface area contributed by atoms with Gasteiger partial charge in [-0.1, -0.05) is 31.5 Å². The van der Waals surface area contributed by atoms with E-state index >= 15 is 0 Å². The average molecular weight is 331 g/mol. The lowest BCUT2D eigenvalue weighted by Gasteiger charge is -2.16. The van der Waals surface area contributed by atoms with Crippen LogP contribution in [0.25, 0.3) is 0 Å². The maximum Gasteiger partial charge on any atom is 0.165 e. The number of nitrogens with two attached hydrogens (primary N) is 1. The Balaban J connectivity index is 2.03. The second-order valence-electron chi connectivity index (χ2n) is 5.88. The fourth-order valence-electron chi connectivity index (χ4n) is 2.61. The molecule has 0 aliphatic rings. The first-order chi connectivity index (χ1) is 11.7. The van der Waals surface area contributed by atoms with Crippen LogP contribution in [0.15, 0.2) is 42.5 Å². The standard InChI is InChI=1S/C20H26FNO2/c1-3-4-11-24-18-8-5-15(6-9-18)12-17(14-22)16-7-10-20(23-2)19(21)13-16/h5-10,13,17H,3-4,11-12,14,22H2,1-2H3. The zero-order chi connectivity index (χ0) is 17.4. The van der Waals surface area contributed by atoms with Gasteiger partial charge in [-0.25, -0.2) is 4.39 Å². The van der Waals surface area contributed by atoms with E-state index in [-0.39, 0.29) is 17.5 Å². The molecule has 2 aromatic rings. The molecule has 0 fully saturated rings. The minimum absolute atomic E-state index is 0.0669. The molecule has 0 saturated heterocycles. The highest BCUT2D eigenvalue weighted by Crippen LogP contribution is 2.26. The van der Waals surface area contributed by atoms with Crippen LogP contribution in [0.4, 0.5) is 4.39 Å². The summed E-state index contributed by atoms with van der Waals surface area (Å²) >= 11 is 0. The summed E-state index contributed by atoms with van der Waals surface area (Å²) in [5.41, 5.74) is 7.95. The first-order valence-electron chi connectivity index (χ1n) is 8.43. The van der Waals surface area contributed by atoms with Crippen LogP contribution in [0.5, 0.6) is 11.5 Å². The molecule has 0 amide bonds. The molecule has 2 rings (SSSR count). The Hall–Kier alpha value is -2.07. The van der Waals surface area contributed by atoms with Crippen LogP contribution in [-0.4, -0.2) is 20.3 Å². The van der Waals surface area contributed by atoms with Gasteiger partial charge in [-0.15, -0.1) is 0 Å². The second-order valence-corrected chi connectivity index (χ2v) is 5.88. The van der Waals surface area contributed by atoms with Gasteiger partial charge in [0, 0.05) is 5.92 Å². The van der Waals surface area contributed by atoms with Crippen LogP contribution in [-0.2, 0) is 6.42 Å². The first-order valence-corrected chi connectivity index (χ1v) is 8.43. The molecular weight excluding hydrogens is 305 g/mol. The third-order valence-corrected chi connectivity index (χ3v) is 4.10. The number of unbranched alkanes of at least 4 members (excludes halogenated alkanes) is 1. The van der Waals surface area contributed by atoms with E-state index in [1.165, 1.54) is 13.2 Å². The van der Waals surface area contributed by atoms with Crippen LogP contribution >= 0.6 is 0 Å². The molecule has 0 radical (unpaired) electrons. The quantitative estimate of drug-likeness (QED) is 0.697. The van der Waals surface area contributed by atoms with E-state index in [9.17, 15) is 4.39 Å². The summed E-state index contributed by atoms with van der Waals surface area (Å²) in [5.74, 6) is 0.848. The van der Waals surface area contributed by atoms with Gasteiger partial charge in [0.05, 0.1) is 13.7 Å². The zero-order valence-corrected chi connectivity index (χ0v) is 14.4. The van der Waals surface area contributed by atoms with Crippen molar-refractivity contribution in [1.82, 2.24) is 0 Å². The Morgan fingerprint density at radius 1 is 1.12 bits per heavy atom. The van der Waals surface area contributed by atoms with Crippen molar-refractivity contribution in [3.8, 4) is 11.5 Å². The van der Waals surface area contributed by atoms with Gasteiger partial charge < -0.3 is 15.2 Å². The SMILES string of the molecule is CCCCOc1ccc(CC(CN)c2ccc(OC)c(F)c2)cc1. The topological polar surface area (TPSA) is 44.5 Å². The first kappa shape index (κ1) is 18.3. The van der Waals surface area contributed by atoms with Crippen LogP contribution in [0.2, 0.25) is 0 Å². The van der Waals surface area contributed by atoms with E-state index < -0.39 is 0 Å². The van der Waals surface area contributed by atoms with E-state index in [1.807, 2.05) is 30.3 Å². The Bertz CT molecular complexity index is 628. The summed E-state index contributed by atoms with van der Waals surface area (Å²) < 4.78 is 24.5. The van der Waals surface area contributed by atoms with E-state index in [1.54, 1.807) is 6.07 Å². The van der Waals surface area contributed by atoms with Gasteiger partial charge >= 0.3 is 0 Å². The summed E-state index contributed by atoms with van der Waals surface area (Å²) in [7, 11) is 1.46. The summed E-state index contributed by atoms with van der Waals surface area (Å²) in [6, 6.07) is 13.1. The van der Waals surface area contributed by atoms with Gasteiger partial charge in [0.25, 0.3) is 0 Å². The Morgan fingerprint density at radius 2 is 1.88 bits per heavy atom. The van der Waals surface area contributed by atoms with Gasteiger partial charge in [-0.05, 0) is 54.8 Å². The van der Waals surface area contributed by atoms with Crippen molar-refractivity contribution in [3.05, 3.63) is 59.4 Å². The molecule has 2 aromatic carbocycles. The number of hydrogen-bond donors (Lipinski definition) is 1. The van der Waals surface area contributed by atoms with Gasteiger partial charge in [0.1, 0.15) is 5.75 Å². The smallest absolute Gasteiger partial charge is 0.165 e. The zero-order valence-electron chi connectivity index (χ0n) is 14.4. The van der Waals surface area contributed by atoms with Crippen molar-refractivity contribution in [2.75, 3.05) is 20.3 Å². The summed E-state index contributed by atoms with van der Waals surface area (Å²) in [6.45, 7) is 3.34. The van der Waals surface area contributed by atoms with Crippen LogP contribution in [0.3, 0.4) is 0 Å². The monoisotopic (exact) mass is 331 g/mol. The summed E-state index contributed by atoms with van der Waals surface area (Å²) in [4.78, 5) is 0. The van der Waals surface area contributed by atoms with Crippen molar-refractivity contribution >= 4 is 0 Å². The Kier molecular flexibility index (Phi) is 7.07. The third kappa shape index (κ3) is 4.96. The molecule has 0 spiro atoms. The Labute approximate surface area is 143 Å². The van der Waals surface area contributed by atoms with Crippen LogP contribution in [0.1, 0.15) is 36.8 Å². The van der Waals surface area contributed by atoms with Gasteiger partial charge in [0.2, 0.25) is 0 Å². The van der Waals surface area contributed by atoms with Crippen LogP contribution in [0, 0.1) is 5.82 Å². The number of halogens is 1. The number of methoxy groups -OCH3 is 1. The molecule has 24 heavy (non-hydrogen) atoms. The number of rotatable bonds is 9. The highest BCUT2D eigenvalue weighted by molar-refractivity contribution is 5.34. The van der Waals surface area contributed by atoms with Crippen molar-refractivity contribution in [1.29, 1.82) is 0 Å². The highest BCUT2D eigenvalue weighted by atomic mass is 19.1. The molecule has 0 saturated carbocycles. The predicted molar refractivity (Wildman–Crippen MR) is 95.3 cm³/mol. The largest absolute Gasteiger partial charge is 0.494 e. The number of hydrogen-bond acceptors (Lipinski definition) is 3. The molecule has 0 aliphatic carbocycles. The second kappa shape index (κ2) is 9.28. The summed E-state index contributed by atoms with van der Waals surface area (Å²) in [6.07, 6.45) is 2.94. The molecule has 0 bridgehead atoms. The average Bonchev–Trinajstić information content (AvgIpc) is 2.61. The van der Waals surface area contributed by atoms with E-state index in [4.69, 9.17) is 15.2 Å². The van der Waals surface area contributed by atoms with Crippen molar-refractivity contribution in [2.45, 2.75) is 32.1 Å². The third-order valence-electron chi connectivity index (χ3n) is 4.10. The van der Waals surface area contributed by atoms with Gasteiger partial charge in [-0.2, -0.15) is 0 Å². The van der Waals surface area contributed by atoms with Crippen molar-refractivity contribution < 1.29 is 13.9 Å². The molecule has 1 unspecified atom stereocenters. The Morgan fingerprint density at radius 3 is 2.46 bits per heavy atom. The molecule has 0 aliphatic heterocycles. The van der Waals surface area contributed by atoms with Gasteiger partial charge in [0.15, 0.2) is 11.6 Å². The maximum absolute atomic E-state index is 13.9. The van der Waals surface area contributed by atoms with Crippen molar-refractivity contribution in [3.63, 3.8) is 0 Å². The molecule has 0 heterocycles. The molecule has 3 nitrogen and oxygen atoms in total. The lowest BCUT2D eigenvalue weighted by Crippen LogP contribution is -2.15. The lowest BCUT2D eigenvalue weighted by molar-refractivity contribution is 0.309. The summed E-state index contributed by atoms with van der Waals surface area (Å²) in [5, 5.41) is 0. The molecule has 4 heteroatoms. The van der Waals surface area contributed by atoms with Crippen molar-refractivity contribution in [2.24, 2.45) is 5.73 Å². The van der Waals surface area contributed by atoms with E-state index in [0.29, 0.717) is 6.54 Å². The number of ether oxygens (including phenoxy) is 2.